The number of hydrogen-bond acceptors (Lipinski definition) is 6. The van der Waals surface area contributed by atoms with Crippen LogP contribution in [-0.2, 0) is 14.8 Å². The van der Waals surface area contributed by atoms with E-state index in [1.54, 1.807) is 43.5 Å². The number of amides is 1. The molecule has 2 rings (SSSR count). The number of rotatable bonds is 10. The Kier molecular flexibility index (Phi) is 9.91. The predicted octanol–water partition coefficient (Wildman–Crippen LogP) is 1.62. The van der Waals surface area contributed by atoms with Crippen LogP contribution in [0.1, 0.15) is 10.4 Å². The first-order chi connectivity index (χ1) is 13.0. The predicted molar refractivity (Wildman–Crippen MR) is 110 cm³/mol. The van der Waals surface area contributed by atoms with Gasteiger partial charge in [-0.15, -0.1) is 12.4 Å². The molecule has 0 spiro atoms. The summed E-state index contributed by atoms with van der Waals surface area (Å²) in [7, 11) is -2.10. The molecule has 0 aliphatic heterocycles. The highest BCUT2D eigenvalue weighted by molar-refractivity contribution is 7.89. The molecule has 0 radical (unpaired) electrons. The van der Waals surface area contributed by atoms with E-state index in [4.69, 9.17) is 15.2 Å². The van der Waals surface area contributed by atoms with Crippen molar-refractivity contribution < 1.29 is 22.7 Å². The van der Waals surface area contributed by atoms with Gasteiger partial charge in [0.15, 0.2) is 0 Å². The molecule has 0 atom stereocenters. The van der Waals surface area contributed by atoms with Crippen molar-refractivity contribution in [1.82, 2.24) is 4.72 Å². The molecule has 0 aliphatic rings. The molecule has 0 saturated heterocycles. The summed E-state index contributed by atoms with van der Waals surface area (Å²) in [6.45, 7) is 1.14. The topological polar surface area (TPSA) is 120 Å². The first kappa shape index (κ1) is 23.9. The zero-order chi connectivity index (χ0) is 19.7. The number of hydrogen-bond donors (Lipinski definition) is 3. The second kappa shape index (κ2) is 11.6. The number of nitrogens with two attached hydrogens (primary N) is 1. The number of carbonyl (C=O) groups is 1. The third kappa shape index (κ3) is 7.10. The van der Waals surface area contributed by atoms with E-state index in [2.05, 4.69) is 10.0 Å². The second-order valence-corrected chi connectivity index (χ2v) is 7.30. The third-order valence-corrected chi connectivity index (χ3v) is 4.95. The van der Waals surface area contributed by atoms with Crippen molar-refractivity contribution in [2.24, 2.45) is 5.73 Å². The van der Waals surface area contributed by atoms with Gasteiger partial charge in [0.2, 0.25) is 10.0 Å². The smallest absolute Gasteiger partial charge is 0.255 e. The molecule has 154 valence electrons. The van der Waals surface area contributed by atoms with Crippen molar-refractivity contribution in [3.63, 3.8) is 0 Å². The number of anilines is 1. The lowest BCUT2D eigenvalue weighted by Gasteiger charge is -2.10. The van der Waals surface area contributed by atoms with Crippen molar-refractivity contribution in [2.75, 3.05) is 38.7 Å². The summed E-state index contributed by atoms with van der Waals surface area (Å²) in [6, 6.07) is 12.7. The van der Waals surface area contributed by atoms with Crippen LogP contribution in [0.5, 0.6) is 5.75 Å². The van der Waals surface area contributed by atoms with Crippen molar-refractivity contribution in [3.8, 4) is 5.75 Å². The van der Waals surface area contributed by atoms with E-state index < -0.39 is 10.0 Å². The van der Waals surface area contributed by atoms with Gasteiger partial charge < -0.3 is 20.5 Å². The van der Waals surface area contributed by atoms with Gasteiger partial charge in [0.1, 0.15) is 12.4 Å². The fraction of sp³-hybridized carbons (Fsp3) is 0.278. The second-order valence-electron chi connectivity index (χ2n) is 5.54. The van der Waals surface area contributed by atoms with Gasteiger partial charge in [0.05, 0.1) is 11.5 Å². The molecule has 4 N–H and O–H groups in total. The molecule has 0 aromatic heterocycles. The third-order valence-electron chi connectivity index (χ3n) is 3.49. The first-order valence-electron chi connectivity index (χ1n) is 8.29. The molecule has 28 heavy (non-hydrogen) atoms. The summed E-state index contributed by atoms with van der Waals surface area (Å²) in [4.78, 5) is 12.5. The van der Waals surface area contributed by atoms with Gasteiger partial charge in [-0.2, -0.15) is 0 Å². The highest BCUT2D eigenvalue weighted by Gasteiger charge is 2.14. The molecular formula is C18H24ClN3O5S. The zero-order valence-corrected chi connectivity index (χ0v) is 17.0. The van der Waals surface area contributed by atoms with Crippen LogP contribution in [0.4, 0.5) is 5.69 Å². The molecule has 0 heterocycles. The Bertz CT molecular complexity index is 877. The van der Waals surface area contributed by atoms with Crippen LogP contribution in [0, 0.1) is 0 Å². The van der Waals surface area contributed by atoms with Crippen LogP contribution in [0.2, 0.25) is 0 Å². The lowest BCUT2D eigenvalue weighted by atomic mass is 10.2. The number of sulfonamides is 1. The van der Waals surface area contributed by atoms with Gasteiger partial charge in [-0.05, 0) is 36.4 Å². The Hall–Kier alpha value is -2.17. The fourth-order valence-corrected chi connectivity index (χ4v) is 3.28. The average molecular weight is 430 g/mol. The van der Waals surface area contributed by atoms with Gasteiger partial charge >= 0.3 is 0 Å². The van der Waals surface area contributed by atoms with E-state index in [-0.39, 0.29) is 36.3 Å². The Morgan fingerprint density at radius 1 is 1.11 bits per heavy atom. The number of nitrogens with one attached hydrogen (secondary N) is 2. The van der Waals surface area contributed by atoms with Crippen LogP contribution >= 0.6 is 12.4 Å². The fourth-order valence-electron chi connectivity index (χ4n) is 2.19. The Labute approximate surface area is 170 Å². The Balaban J connectivity index is 0.00000392. The standard InChI is InChI=1S/C18H23N3O5S.ClH/c1-25-10-11-26-16-6-2-4-14(12-16)18(22)21-15-5-3-7-17(13-15)27(23,24)20-9-8-19;/h2-7,12-13,20H,8-11,19H2,1H3,(H,21,22);1H. The van der Waals surface area contributed by atoms with E-state index in [1.165, 1.54) is 12.1 Å². The van der Waals surface area contributed by atoms with Gasteiger partial charge in [-0.1, -0.05) is 12.1 Å². The van der Waals surface area contributed by atoms with E-state index >= 15 is 0 Å². The molecule has 8 nitrogen and oxygen atoms in total. The maximum absolute atomic E-state index is 12.5. The minimum Gasteiger partial charge on any atom is -0.491 e. The van der Waals surface area contributed by atoms with Crippen LogP contribution in [0.3, 0.4) is 0 Å². The van der Waals surface area contributed by atoms with Crippen LogP contribution in [0.25, 0.3) is 0 Å². The summed E-state index contributed by atoms with van der Waals surface area (Å²) in [6.07, 6.45) is 0. The number of halogens is 1. The van der Waals surface area contributed by atoms with Crippen molar-refractivity contribution >= 4 is 34.0 Å². The Morgan fingerprint density at radius 2 is 1.86 bits per heavy atom. The van der Waals surface area contributed by atoms with E-state index in [9.17, 15) is 13.2 Å². The normalized spacial score (nSPS) is 10.8. The van der Waals surface area contributed by atoms with Gasteiger partial charge in [-0.25, -0.2) is 13.1 Å². The lowest BCUT2D eigenvalue weighted by molar-refractivity contribution is 0.102. The summed E-state index contributed by atoms with van der Waals surface area (Å²) < 4.78 is 37.1. The molecule has 1 amide bonds. The number of benzene rings is 2. The quantitative estimate of drug-likeness (QED) is 0.494. The van der Waals surface area contributed by atoms with Crippen LogP contribution in [0.15, 0.2) is 53.4 Å². The highest BCUT2D eigenvalue weighted by atomic mass is 35.5. The monoisotopic (exact) mass is 429 g/mol. The number of methoxy groups -OCH3 is 1. The van der Waals surface area contributed by atoms with Crippen LogP contribution < -0.4 is 20.5 Å². The molecule has 10 heteroatoms. The minimum atomic E-state index is -3.68. The molecule has 0 saturated carbocycles. The zero-order valence-electron chi connectivity index (χ0n) is 15.4. The van der Waals surface area contributed by atoms with E-state index in [1.807, 2.05) is 0 Å². The molecule has 2 aromatic carbocycles. The highest BCUT2D eigenvalue weighted by Crippen LogP contribution is 2.18. The minimum absolute atomic E-state index is 0. The van der Waals surface area contributed by atoms with Crippen molar-refractivity contribution in [3.05, 3.63) is 54.1 Å². The van der Waals surface area contributed by atoms with E-state index in [0.29, 0.717) is 30.2 Å². The maximum Gasteiger partial charge on any atom is 0.255 e. The Morgan fingerprint density at radius 3 is 2.57 bits per heavy atom. The lowest BCUT2D eigenvalue weighted by Crippen LogP contribution is -2.29. The largest absolute Gasteiger partial charge is 0.491 e. The molecule has 0 fully saturated rings. The molecule has 0 aliphatic carbocycles. The SMILES string of the molecule is COCCOc1cccc(C(=O)Nc2cccc(S(=O)(=O)NCCN)c2)c1.Cl. The van der Waals surface area contributed by atoms with E-state index in [0.717, 1.165) is 0 Å². The maximum atomic E-state index is 12.5. The summed E-state index contributed by atoms with van der Waals surface area (Å²) in [5, 5.41) is 2.69. The van der Waals surface area contributed by atoms with Gasteiger partial charge in [0, 0.05) is 31.5 Å². The summed E-state index contributed by atoms with van der Waals surface area (Å²) >= 11 is 0. The number of ether oxygens (including phenoxy) is 2. The molecule has 0 bridgehead atoms. The first-order valence-corrected chi connectivity index (χ1v) is 9.77. The number of carbonyl (C=O) groups excluding carboxylic acids is 1. The van der Waals surface area contributed by atoms with Gasteiger partial charge in [0.25, 0.3) is 5.91 Å². The average Bonchev–Trinajstić information content (AvgIpc) is 2.67. The molecule has 0 unspecified atom stereocenters. The van der Waals surface area contributed by atoms with Crippen LogP contribution in [-0.4, -0.2) is 47.7 Å². The van der Waals surface area contributed by atoms with Crippen molar-refractivity contribution in [2.45, 2.75) is 4.90 Å². The summed E-state index contributed by atoms with van der Waals surface area (Å²) in [5.41, 5.74) is 6.07. The molecular weight excluding hydrogens is 406 g/mol. The molecule has 2 aromatic rings. The van der Waals surface area contributed by atoms with Gasteiger partial charge in [-0.3, -0.25) is 4.79 Å². The summed E-state index contributed by atoms with van der Waals surface area (Å²) in [5.74, 6) is 0.165. The van der Waals surface area contributed by atoms with Crippen molar-refractivity contribution in [1.29, 1.82) is 0 Å².